The van der Waals surface area contributed by atoms with E-state index >= 15 is 0 Å². The summed E-state index contributed by atoms with van der Waals surface area (Å²) >= 11 is 0. The Bertz CT molecular complexity index is 407. The average molecular weight is 266 g/mol. The molecule has 0 heterocycles. The minimum Gasteiger partial charge on any atom is -0.489 e. The van der Waals surface area contributed by atoms with Gasteiger partial charge in [-0.25, -0.2) is 0 Å². The first-order valence-corrected chi connectivity index (χ1v) is 6.35. The van der Waals surface area contributed by atoms with E-state index < -0.39 is 6.04 Å². The summed E-state index contributed by atoms with van der Waals surface area (Å²) < 4.78 is 10.5. The minimum atomic E-state index is -0.591. The first-order valence-electron chi connectivity index (χ1n) is 6.35. The summed E-state index contributed by atoms with van der Waals surface area (Å²) in [6.45, 7) is 4.32. The van der Waals surface area contributed by atoms with E-state index in [-0.39, 0.29) is 12.0 Å². The van der Waals surface area contributed by atoms with Gasteiger partial charge in [-0.1, -0.05) is 12.1 Å². The van der Waals surface area contributed by atoms with E-state index in [1.807, 2.05) is 32.0 Å². The van der Waals surface area contributed by atoms with Crippen molar-refractivity contribution < 1.29 is 14.3 Å². The second kappa shape index (κ2) is 7.76. The maximum Gasteiger partial charge on any atom is 0.241 e. The molecule has 5 nitrogen and oxygen atoms in total. The van der Waals surface area contributed by atoms with Gasteiger partial charge in [0.15, 0.2) is 0 Å². The lowest BCUT2D eigenvalue weighted by molar-refractivity contribution is -0.117. The maximum absolute atomic E-state index is 11.9. The van der Waals surface area contributed by atoms with E-state index in [0.29, 0.717) is 24.5 Å². The van der Waals surface area contributed by atoms with Crippen LogP contribution in [0, 0.1) is 0 Å². The van der Waals surface area contributed by atoms with Crippen molar-refractivity contribution in [1.82, 2.24) is 0 Å². The zero-order valence-electron chi connectivity index (χ0n) is 11.7. The zero-order valence-corrected chi connectivity index (χ0v) is 11.7. The predicted molar refractivity (Wildman–Crippen MR) is 75.3 cm³/mol. The van der Waals surface area contributed by atoms with Gasteiger partial charge in [0.2, 0.25) is 5.91 Å². The number of methoxy groups -OCH3 is 1. The largest absolute Gasteiger partial charge is 0.489 e. The van der Waals surface area contributed by atoms with E-state index in [9.17, 15) is 4.79 Å². The van der Waals surface area contributed by atoms with Crippen LogP contribution in [0.25, 0.3) is 0 Å². The first-order chi connectivity index (χ1) is 9.04. The minimum absolute atomic E-state index is 0.0419. The lowest BCUT2D eigenvalue weighted by atomic mass is 10.2. The van der Waals surface area contributed by atoms with Gasteiger partial charge in [0.25, 0.3) is 0 Å². The first kappa shape index (κ1) is 15.5. The third-order valence-corrected chi connectivity index (χ3v) is 2.48. The number of nitrogens with one attached hydrogen (secondary N) is 1. The second-order valence-corrected chi connectivity index (χ2v) is 4.54. The Kier molecular flexibility index (Phi) is 6.32. The third kappa shape index (κ3) is 5.28. The summed E-state index contributed by atoms with van der Waals surface area (Å²) in [7, 11) is 1.58. The van der Waals surface area contributed by atoms with Crippen LogP contribution in [0.15, 0.2) is 24.3 Å². The molecule has 3 N–H and O–H groups in total. The maximum atomic E-state index is 11.9. The van der Waals surface area contributed by atoms with Crippen LogP contribution < -0.4 is 15.8 Å². The molecule has 0 aliphatic rings. The number of carbonyl (C=O) groups is 1. The topological polar surface area (TPSA) is 73.6 Å². The molecule has 0 spiro atoms. The standard InChI is InChI=1S/C14H22N2O3/c1-10(2)19-13-7-5-4-6-12(13)16-14(17)11(15)8-9-18-3/h4-7,10-11H,8-9,15H2,1-3H3,(H,16,17). The Labute approximate surface area is 114 Å². The number of hydrogen-bond donors (Lipinski definition) is 2. The summed E-state index contributed by atoms with van der Waals surface area (Å²) in [5.41, 5.74) is 6.40. The molecule has 0 saturated carbocycles. The molecule has 1 aromatic carbocycles. The van der Waals surface area contributed by atoms with Crippen LogP contribution in [0.5, 0.6) is 5.75 Å². The van der Waals surface area contributed by atoms with Crippen LogP contribution in [-0.2, 0) is 9.53 Å². The van der Waals surface area contributed by atoms with Gasteiger partial charge in [0.1, 0.15) is 5.75 Å². The van der Waals surface area contributed by atoms with Crippen molar-refractivity contribution >= 4 is 11.6 Å². The normalized spacial score (nSPS) is 12.3. The Morgan fingerprint density at radius 3 is 2.68 bits per heavy atom. The molecule has 1 amide bonds. The highest BCUT2D eigenvalue weighted by molar-refractivity contribution is 5.95. The molecule has 0 fully saturated rings. The van der Waals surface area contributed by atoms with Crippen molar-refractivity contribution in [2.24, 2.45) is 5.73 Å². The van der Waals surface area contributed by atoms with E-state index in [0.717, 1.165) is 0 Å². The SMILES string of the molecule is COCCC(N)C(=O)Nc1ccccc1OC(C)C. The van der Waals surface area contributed by atoms with Crippen molar-refractivity contribution in [3.05, 3.63) is 24.3 Å². The van der Waals surface area contributed by atoms with Crippen LogP contribution in [0.1, 0.15) is 20.3 Å². The Balaban J connectivity index is 2.68. The van der Waals surface area contributed by atoms with Crippen molar-refractivity contribution in [3.63, 3.8) is 0 Å². The molecule has 0 aliphatic heterocycles. The van der Waals surface area contributed by atoms with Crippen LogP contribution in [0.4, 0.5) is 5.69 Å². The molecule has 1 unspecified atom stereocenters. The van der Waals surface area contributed by atoms with Crippen LogP contribution in [0.2, 0.25) is 0 Å². The monoisotopic (exact) mass is 266 g/mol. The second-order valence-electron chi connectivity index (χ2n) is 4.54. The fourth-order valence-electron chi connectivity index (χ4n) is 1.53. The summed E-state index contributed by atoms with van der Waals surface area (Å²) in [6.07, 6.45) is 0.524. The summed E-state index contributed by atoms with van der Waals surface area (Å²) in [5.74, 6) is 0.404. The predicted octanol–water partition coefficient (Wildman–Crippen LogP) is 1.78. The van der Waals surface area contributed by atoms with E-state index in [2.05, 4.69) is 5.32 Å². The van der Waals surface area contributed by atoms with Gasteiger partial charge in [0, 0.05) is 13.7 Å². The van der Waals surface area contributed by atoms with Gasteiger partial charge in [-0.15, -0.1) is 0 Å². The number of hydrogen-bond acceptors (Lipinski definition) is 4. The molecule has 0 bridgehead atoms. The van der Waals surface area contributed by atoms with Gasteiger partial charge < -0.3 is 20.5 Å². The van der Waals surface area contributed by atoms with Crippen LogP contribution in [0.3, 0.4) is 0 Å². The molecular weight excluding hydrogens is 244 g/mol. The number of carbonyl (C=O) groups excluding carboxylic acids is 1. The van der Waals surface area contributed by atoms with Crippen molar-refractivity contribution in [2.45, 2.75) is 32.4 Å². The van der Waals surface area contributed by atoms with E-state index in [1.54, 1.807) is 13.2 Å². The van der Waals surface area contributed by atoms with Gasteiger partial charge in [-0.2, -0.15) is 0 Å². The van der Waals surface area contributed by atoms with E-state index in [1.165, 1.54) is 0 Å². The molecule has 0 aromatic heterocycles. The molecule has 106 valence electrons. The highest BCUT2D eigenvalue weighted by atomic mass is 16.5. The zero-order chi connectivity index (χ0) is 14.3. The number of benzene rings is 1. The fraction of sp³-hybridized carbons (Fsp3) is 0.500. The number of ether oxygens (including phenoxy) is 2. The number of anilines is 1. The summed E-state index contributed by atoms with van der Waals surface area (Å²) in [4.78, 5) is 11.9. The summed E-state index contributed by atoms with van der Waals surface area (Å²) in [6, 6.07) is 6.71. The molecular formula is C14H22N2O3. The molecule has 5 heteroatoms. The quantitative estimate of drug-likeness (QED) is 0.789. The molecule has 1 aromatic rings. The number of amides is 1. The third-order valence-electron chi connectivity index (χ3n) is 2.48. The van der Waals surface area contributed by atoms with Crippen LogP contribution >= 0.6 is 0 Å². The molecule has 0 aliphatic carbocycles. The Hall–Kier alpha value is -1.59. The highest BCUT2D eigenvalue weighted by Gasteiger charge is 2.15. The Morgan fingerprint density at radius 1 is 1.37 bits per heavy atom. The number of para-hydroxylation sites is 2. The molecule has 1 atom stereocenters. The van der Waals surface area contributed by atoms with Gasteiger partial charge >= 0.3 is 0 Å². The molecule has 19 heavy (non-hydrogen) atoms. The van der Waals surface area contributed by atoms with Crippen molar-refractivity contribution in [1.29, 1.82) is 0 Å². The number of nitrogens with two attached hydrogens (primary N) is 1. The van der Waals surface area contributed by atoms with Crippen LogP contribution in [-0.4, -0.2) is 31.8 Å². The Morgan fingerprint density at radius 2 is 2.05 bits per heavy atom. The molecule has 0 radical (unpaired) electrons. The van der Waals surface area contributed by atoms with Gasteiger partial charge in [0.05, 0.1) is 17.8 Å². The molecule has 1 rings (SSSR count). The van der Waals surface area contributed by atoms with Gasteiger partial charge in [-0.05, 0) is 32.4 Å². The average Bonchev–Trinajstić information content (AvgIpc) is 2.37. The van der Waals surface area contributed by atoms with Gasteiger partial charge in [-0.3, -0.25) is 4.79 Å². The number of rotatable bonds is 7. The smallest absolute Gasteiger partial charge is 0.241 e. The summed E-state index contributed by atoms with van der Waals surface area (Å²) in [5, 5.41) is 2.78. The fourth-order valence-corrected chi connectivity index (χ4v) is 1.53. The van der Waals surface area contributed by atoms with E-state index in [4.69, 9.17) is 15.2 Å². The lowest BCUT2D eigenvalue weighted by Crippen LogP contribution is -2.36. The molecule has 0 saturated heterocycles. The highest BCUT2D eigenvalue weighted by Crippen LogP contribution is 2.24. The lowest BCUT2D eigenvalue weighted by Gasteiger charge is -2.16. The van der Waals surface area contributed by atoms with Crippen molar-refractivity contribution in [3.8, 4) is 5.75 Å². The van der Waals surface area contributed by atoms with Crippen molar-refractivity contribution in [2.75, 3.05) is 19.0 Å².